The molecule has 0 heterocycles. The van der Waals surface area contributed by atoms with Gasteiger partial charge in [0.15, 0.2) is 0 Å². The average Bonchev–Trinajstić information content (AvgIpc) is 3.08. The molecule has 3 aromatic rings. The predicted octanol–water partition coefficient (Wildman–Crippen LogP) is 7.40. The summed E-state index contributed by atoms with van der Waals surface area (Å²) in [5.74, 6) is -0.179. The van der Waals surface area contributed by atoms with Crippen LogP contribution in [-0.4, -0.2) is 6.61 Å². The molecule has 0 saturated carbocycles. The highest BCUT2D eigenvalue weighted by Crippen LogP contribution is 2.41. The zero-order valence-electron chi connectivity index (χ0n) is 16.4. The van der Waals surface area contributed by atoms with E-state index in [2.05, 4.69) is 29.9 Å². The zero-order chi connectivity index (χ0) is 20.4. The molecule has 4 rings (SSSR count). The summed E-state index contributed by atoms with van der Waals surface area (Å²) >= 11 is 0. The largest absolute Gasteiger partial charge is 0.435 e. The molecule has 1 nitrogen and oxygen atoms in total. The average molecular weight is 396 g/mol. The minimum atomic E-state index is -2.87. The maximum atomic E-state index is 15.3. The molecule has 1 aliphatic carbocycles. The normalized spacial score (nSPS) is 12.2. The second-order valence-electron chi connectivity index (χ2n) is 7.48. The Balaban J connectivity index is 1.60. The van der Waals surface area contributed by atoms with Crippen LogP contribution in [0.3, 0.4) is 0 Å². The van der Waals surface area contributed by atoms with Crippen LogP contribution in [0.2, 0.25) is 0 Å². The summed E-state index contributed by atoms with van der Waals surface area (Å²) in [6.45, 7) is -0.679. The monoisotopic (exact) mass is 396 g/mol. The van der Waals surface area contributed by atoms with Gasteiger partial charge in [0, 0.05) is 17.5 Å². The number of fused-ring (bicyclic) bond motifs is 3. The summed E-state index contributed by atoms with van der Waals surface area (Å²) < 4.78 is 44.3. The maximum absolute atomic E-state index is 15.3. The smallest absolute Gasteiger partial charge is 0.387 e. The Labute approximate surface area is 169 Å². The van der Waals surface area contributed by atoms with Crippen LogP contribution in [0.15, 0.2) is 54.6 Å². The van der Waals surface area contributed by atoms with Gasteiger partial charge in [0.2, 0.25) is 0 Å². The molecule has 150 valence electrons. The molecule has 29 heavy (non-hydrogen) atoms. The Kier molecular flexibility index (Phi) is 5.61. The van der Waals surface area contributed by atoms with Crippen molar-refractivity contribution in [3.05, 3.63) is 77.1 Å². The highest BCUT2D eigenvalue weighted by Gasteiger charge is 2.24. The van der Waals surface area contributed by atoms with Crippen LogP contribution < -0.4 is 4.74 Å². The number of ether oxygens (including phenoxy) is 1. The third kappa shape index (κ3) is 4.02. The van der Waals surface area contributed by atoms with Gasteiger partial charge in [0.1, 0.15) is 11.6 Å². The van der Waals surface area contributed by atoms with Crippen molar-refractivity contribution in [2.24, 2.45) is 0 Å². The number of benzene rings is 3. The first-order chi connectivity index (χ1) is 14.1. The SMILES string of the molecule is CCCCCc1ccc2c(c1)Cc1c-2ccc(-c2ccc(OC(F)F)cc2)c1F. The zero-order valence-corrected chi connectivity index (χ0v) is 16.4. The Hall–Kier alpha value is -2.75. The van der Waals surface area contributed by atoms with Gasteiger partial charge in [-0.05, 0) is 52.8 Å². The van der Waals surface area contributed by atoms with E-state index >= 15 is 4.39 Å². The van der Waals surface area contributed by atoms with Crippen LogP contribution in [0.4, 0.5) is 13.2 Å². The first-order valence-electron chi connectivity index (χ1n) is 10.1. The van der Waals surface area contributed by atoms with Gasteiger partial charge < -0.3 is 4.74 Å². The van der Waals surface area contributed by atoms with Crippen molar-refractivity contribution in [1.82, 2.24) is 0 Å². The van der Waals surface area contributed by atoms with Crippen molar-refractivity contribution < 1.29 is 17.9 Å². The molecular weight excluding hydrogens is 373 g/mol. The fourth-order valence-electron chi connectivity index (χ4n) is 4.07. The van der Waals surface area contributed by atoms with Crippen LogP contribution >= 0.6 is 0 Å². The number of aryl methyl sites for hydroxylation is 1. The lowest BCUT2D eigenvalue weighted by molar-refractivity contribution is -0.0498. The Bertz CT molecular complexity index is 1010. The Morgan fingerprint density at radius 3 is 2.34 bits per heavy atom. The standard InChI is InChI=1S/C25H23F3O/c1-2-3-4-5-16-6-11-20-18(14-16)15-23-22(20)13-12-21(24(23)26)17-7-9-19(10-8-17)29-25(27)28/h6-14,25H,2-5,15H2,1H3. The quantitative estimate of drug-likeness (QED) is 0.296. The van der Waals surface area contributed by atoms with Gasteiger partial charge in [-0.15, -0.1) is 0 Å². The molecule has 4 heteroatoms. The molecule has 0 unspecified atom stereocenters. The van der Waals surface area contributed by atoms with Gasteiger partial charge in [-0.1, -0.05) is 62.2 Å². The van der Waals surface area contributed by atoms with Gasteiger partial charge in [-0.25, -0.2) is 4.39 Å². The lowest BCUT2D eigenvalue weighted by Gasteiger charge is -2.10. The van der Waals surface area contributed by atoms with E-state index in [1.165, 1.54) is 42.5 Å². The molecule has 0 radical (unpaired) electrons. The van der Waals surface area contributed by atoms with Crippen LogP contribution in [-0.2, 0) is 12.8 Å². The van der Waals surface area contributed by atoms with Crippen LogP contribution in [0, 0.1) is 5.82 Å². The van der Waals surface area contributed by atoms with E-state index in [0.29, 0.717) is 23.1 Å². The molecular formula is C25H23F3O. The molecule has 0 bridgehead atoms. The lowest BCUT2D eigenvalue weighted by Crippen LogP contribution is -2.01. The van der Waals surface area contributed by atoms with Crippen LogP contribution in [0.25, 0.3) is 22.3 Å². The molecule has 0 amide bonds. The number of hydrogen-bond acceptors (Lipinski definition) is 1. The fraction of sp³-hybridized carbons (Fsp3) is 0.280. The Morgan fingerprint density at radius 2 is 1.62 bits per heavy atom. The van der Waals surface area contributed by atoms with E-state index in [4.69, 9.17) is 0 Å². The van der Waals surface area contributed by atoms with Crippen molar-refractivity contribution in [3.63, 3.8) is 0 Å². The van der Waals surface area contributed by atoms with Gasteiger partial charge in [0.25, 0.3) is 0 Å². The van der Waals surface area contributed by atoms with Gasteiger partial charge in [0.05, 0.1) is 0 Å². The van der Waals surface area contributed by atoms with Crippen molar-refractivity contribution in [2.75, 3.05) is 0 Å². The molecule has 0 atom stereocenters. The van der Waals surface area contributed by atoms with Crippen LogP contribution in [0.5, 0.6) is 5.75 Å². The summed E-state index contributed by atoms with van der Waals surface area (Å²) in [6, 6.07) is 16.3. The molecule has 1 aliphatic rings. The molecule has 0 N–H and O–H groups in total. The number of alkyl halides is 2. The lowest BCUT2D eigenvalue weighted by atomic mass is 9.98. The summed E-state index contributed by atoms with van der Waals surface area (Å²) in [5.41, 5.74) is 6.35. The molecule has 0 fully saturated rings. The molecule has 0 saturated heterocycles. The second-order valence-corrected chi connectivity index (χ2v) is 7.48. The number of hydrogen-bond donors (Lipinski definition) is 0. The van der Waals surface area contributed by atoms with E-state index in [1.807, 2.05) is 6.07 Å². The highest BCUT2D eigenvalue weighted by molar-refractivity contribution is 5.81. The summed E-state index contributed by atoms with van der Waals surface area (Å²) in [4.78, 5) is 0. The fourth-order valence-corrected chi connectivity index (χ4v) is 4.07. The number of rotatable bonds is 7. The van der Waals surface area contributed by atoms with E-state index in [-0.39, 0.29) is 11.6 Å². The second kappa shape index (κ2) is 8.32. The van der Waals surface area contributed by atoms with Gasteiger partial charge in [-0.2, -0.15) is 8.78 Å². The van der Waals surface area contributed by atoms with E-state index in [1.54, 1.807) is 18.2 Å². The minimum Gasteiger partial charge on any atom is -0.435 e. The summed E-state index contributed by atoms with van der Waals surface area (Å²) in [5, 5.41) is 0. The summed E-state index contributed by atoms with van der Waals surface area (Å²) in [7, 11) is 0. The minimum absolute atomic E-state index is 0.0633. The topological polar surface area (TPSA) is 9.23 Å². The van der Waals surface area contributed by atoms with Crippen molar-refractivity contribution in [2.45, 2.75) is 45.6 Å². The third-order valence-electron chi connectivity index (χ3n) is 5.53. The van der Waals surface area contributed by atoms with Gasteiger partial charge in [-0.3, -0.25) is 0 Å². The van der Waals surface area contributed by atoms with E-state index in [0.717, 1.165) is 17.5 Å². The number of unbranched alkanes of at least 4 members (excludes halogenated alkanes) is 2. The third-order valence-corrected chi connectivity index (χ3v) is 5.53. The first-order valence-corrected chi connectivity index (χ1v) is 10.1. The van der Waals surface area contributed by atoms with E-state index < -0.39 is 6.61 Å². The first kappa shape index (κ1) is 19.6. The highest BCUT2D eigenvalue weighted by atomic mass is 19.3. The molecule has 3 aromatic carbocycles. The van der Waals surface area contributed by atoms with Gasteiger partial charge >= 0.3 is 6.61 Å². The van der Waals surface area contributed by atoms with Crippen molar-refractivity contribution in [1.29, 1.82) is 0 Å². The Morgan fingerprint density at radius 1 is 0.897 bits per heavy atom. The van der Waals surface area contributed by atoms with Crippen molar-refractivity contribution in [3.8, 4) is 28.0 Å². The molecule has 0 spiro atoms. The summed E-state index contributed by atoms with van der Waals surface area (Å²) in [6.07, 6.45) is 5.22. The molecule has 0 aliphatic heterocycles. The number of halogens is 3. The van der Waals surface area contributed by atoms with Crippen molar-refractivity contribution >= 4 is 0 Å². The van der Waals surface area contributed by atoms with Crippen LogP contribution in [0.1, 0.15) is 42.9 Å². The maximum Gasteiger partial charge on any atom is 0.387 e. The molecule has 0 aromatic heterocycles. The van der Waals surface area contributed by atoms with E-state index in [9.17, 15) is 8.78 Å². The predicted molar refractivity (Wildman–Crippen MR) is 110 cm³/mol.